The van der Waals surface area contributed by atoms with E-state index in [0.29, 0.717) is 0 Å². The van der Waals surface area contributed by atoms with E-state index in [4.69, 9.17) is 5.73 Å². The van der Waals surface area contributed by atoms with Crippen molar-refractivity contribution in [1.82, 2.24) is 4.98 Å². The Morgan fingerprint density at radius 3 is 2.14 bits per heavy atom. The van der Waals surface area contributed by atoms with E-state index in [9.17, 15) is 0 Å². The number of benzene rings is 1. The molecule has 0 saturated carbocycles. The molecule has 104 valence electrons. The summed E-state index contributed by atoms with van der Waals surface area (Å²) < 4.78 is 2.12. The van der Waals surface area contributed by atoms with Crippen molar-refractivity contribution in [2.45, 2.75) is 13.8 Å². The maximum atomic E-state index is 5.95. The van der Waals surface area contributed by atoms with Gasteiger partial charge in [-0.05, 0) is 48.7 Å². The number of pyridine rings is 2. The summed E-state index contributed by atoms with van der Waals surface area (Å²) in [4.78, 5) is 4.05. The molecule has 3 nitrogen and oxygen atoms in total. The highest BCUT2D eigenvalue weighted by Crippen LogP contribution is 2.19. The fourth-order valence-corrected chi connectivity index (χ4v) is 2.43. The lowest BCUT2D eigenvalue weighted by Crippen LogP contribution is -2.30. The van der Waals surface area contributed by atoms with Gasteiger partial charge in [0.15, 0.2) is 12.4 Å². The molecule has 3 aromatic rings. The van der Waals surface area contributed by atoms with Gasteiger partial charge in [0, 0.05) is 41.8 Å². The summed E-state index contributed by atoms with van der Waals surface area (Å²) >= 11 is 0. The van der Waals surface area contributed by atoms with Crippen LogP contribution >= 0.6 is 0 Å². The minimum absolute atomic E-state index is 0.838. The van der Waals surface area contributed by atoms with Crippen LogP contribution in [0, 0.1) is 13.8 Å². The van der Waals surface area contributed by atoms with Crippen molar-refractivity contribution in [3.63, 3.8) is 0 Å². The normalized spacial score (nSPS) is 10.6. The van der Waals surface area contributed by atoms with Crippen molar-refractivity contribution in [1.29, 1.82) is 0 Å². The number of nitrogens with two attached hydrogens (primary N) is 1. The van der Waals surface area contributed by atoms with Gasteiger partial charge in [-0.3, -0.25) is 4.98 Å². The van der Waals surface area contributed by atoms with E-state index in [1.807, 2.05) is 37.5 Å². The van der Waals surface area contributed by atoms with Crippen molar-refractivity contribution >= 4 is 5.69 Å². The standard InChI is InChI=1S/C18H18N3/c1-13-12-18(14(2)11-17(13)19)21-9-5-16(6-10-21)15-3-7-20-8-4-15/h3-12H,19H2,1-2H3/q+1. The van der Waals surface area contributed by atoms with Gasteiger partial charge < -0.3 is 5.73 Å². The zero-order valence-corrected chi connectivity index (χ0v) is 12.2. The molecule has 3 rings (SSSR count). The number of aryl methyl sites for hydroxylation is 2. The number of anilines is 1. The monoisotopic (exact) mass is 276 g/mol. The highest BCUT2D eigenvalue weighted by atomic mass is 14.9. The predicted molar refractivity (Wildman–Crippen MR) is 85.1 cm³/mol. The third-order valence-electron chi connectivity index (χ3n) is 3.71. The first-order valence-electron chi connectivity index (χ1n) is 6.94. The summed E-state index contributed by atoms with van der Waals surface area (Å²) in [6.07, 6.45) is 7.77. The van der Waals surface area contributed by atoms with Crippen molar-refractivity contribution in [2.75, 3.05) is 5.73 Å². The van der Waals surface area contributed by atoms with Crippen molar-refractivity contribution in [2.24, 2.45) is 0 Å². The molecule has 0 amide bonds. The number of hydrogen-bond donors (Lipinski definition) is 1. The van der Waals surface area contributed by atoms with Crippen LogP contribution in [-0.2, 0) is 0 Å². The Kier molecular flexibility index (Phi) is 3.40. The van der Waals surface area contributed by atoms with E-state index in [2.05, 4.69) is 47.1 Å². The second kappa shape index (κ2) is 5.37. The molecule has 1 aromatic carbocycles. The van der Waals surface area contributed by atoms with Gasteiger partial charge in [-0.25, -0.2) is 0 Å². The first-order valence-corrected chi connectivity index (χ1v) is 6.94. The Labute approximate surface area is 124 Å². The van der Waals surface area contributed by atoms with E-state index in [0.717, 1.165) is 16.9 Å². The second-order valence-electron chi connectivity index (χ2n) is 5.23. The summed E-state index contributed by atoms with van der Waals surface area (Å²) in [5.41, 5.74) is 12.6. The molecule has 0 spiro atoms. The van der Waals surface area contributed by atoms with Crippen molar-refractivity contribution in [3.8, 4) is 16.8 Å². The maximum absolute atomic E-state index is 5.95. The lowest BCUT2D eigenvalue weighted by molar-refractivity contribution is -0.596. The topological polar surface area (TPSA) is 42.8 Å². The van der Waals surface area contributed by atoms with Crippen LogP contribution < -0.4 is 10.3 Å². The molecular weight excluding hydrogens is 258 g/mol. The number of aromatic nitrogens is 2. The lowest BCUT2D eigenvalue weighted by atomic mass is 10.1. The quantitative estimate of drug-likeness (QED) is 0.577. The van der Waals surface area contributed by atoms with Crippen LogP contribution in [0.5, 0.6) is 0 Å². The van der Waals surface area contributed by atoms with Crippen molar-refractivity contribution in [3.05, 3.63) is 72.3 Å². The highest BCUT2D eigenvalue weighted by Gasteiger charge is 2.12. The zero-order chi connectivity index (χ0) is 14.8. The van der Waals surface area contributed by atoms with E-state index in [1.165, 1.54) is 16.7 Å². The maximum Gasteiger partial charge on any atom is 0.213 e. The molecule has 0 saturated heterocycles. The molecule has 0 radical (unpaired) electrons. The third-order valence-corrected chi connectivity index (χ3v) is 3.71. The average molecular weight is 276 g/mol. The summed E-state index contributed by atoms with van der Waals surface area (Å²) in [5, 5.41) is 0. The molecule has 2 aromatic heterocycles. The SMILES string of the molecule is Cc1cc(-[n+]2ccc(-c3ccncc3)cc2)c(C)cc1N. The Morgan fingerprint density at radius 1 is 0.857 bits per heavy atom. The predicted octanol–water partition coefficient (Wildman–Crippen LogP) is 3.22. The van der Waals surface area contributed by atoms with Gasteiger partial charge in [-0.2, -0.15) is 4.57 Å². The van der Waals surface area contributed by atoms with Crippen molar-refractivity contribution < 1.29 is 4.57 Å². The number of nitrogens with zero attached hydrogens (tertiary/aromatic N) is 2. The van der Waals surface area contributed by atoms with Crippen LogP contribution in [0.15, 0.2) is 61.2 Å². The summed E-state index contributed by atoms with van der Waals surface area (Å²) in [6, 6.07) is 12.4. The molecule has 21 heavy (non-hydrogen) atoms. The average Bonchev–Trinajstić information content (AvgIpc) is 2.52. The van der Waals surface area contributed by atoms with Crippen LogP contribution in [0.4, 0.5) is 5.69 Å². The summed E-state index contributed by atoms with van der Waals surface area (Å²) in [7, 11) is 0. The minimum atomic E-state index is 0.838. The van der Waals surface area contributed by atoms with Gasteiger partial charge in [0.25, 0.3) is 0 Å². The first-order chi connectivity index (χ1) is 10.1. The number of hydrogen-bond acceptors (Lipinski definition) is 2. The molecular formula is C18H18N3+. The highest BCUT2D eigenvalue weighted by molar-refractivity contribution is 5.61. The molecule has 0 fully saturated rings. The van der Waals surface area contributed by atoms with E-state index < -0.39 is 0 Å². The Hall–Kier alpha value is -2.68. The second-order valence-corrected chi connectivity index (χ2v) is 5.23. The van der Waals surface area contributed by atoms with Gasteiger partial charge in [0.05, 0.1) is 0 Å². The van der Waals surface area contributed by atoms with Gasteiger partial charge in [-0.1, -0.05) is 0 Å². The van der Waals surface area contributed by atoms with Crippen LogP contribution in [0.25, 0.3) is 16.8 Å². The smallest absolute Gasteiger partial charge is 0.213 e. The lowest BCUT2D eigenvalue weighted by Gasteiger charge is -2.06. The minimum Gasteiger partial charge on any atom is -0.398 e. The Balaban J connectivity index is 2.00. The largest absolute Gasteiger partial charge is 0.398 e. The van der Waals surface area contributed by atoms with Gasteiger partial charge >= 0.3 is 0 Å². The van der Waals surface area contributed by atoms with E-state index >= 15 is 0 Å². The van der Waals surface area contributed by atoms with Gasteiger partial charge in [-0.15, -0.1) is 0 Å². The molecule has 0 atom stereocenters. The summed E-state index contributed by atoms with van der Waals surface area (Å²) in [5.74, 6) is 0. The Morgan fingerprint density at radius 2 is 1.48 bits per heavy atom. The van der Waals surface area contributed by atoms with Gasteiger partial charge in [0.1, 0.15) is 0 Å². The van der Waals surface area contributed by atoms with Crippen LogP contribution in [0.2, 0.25) is 0 Å². The van der Waals surface area contributed by atoms with Crippen LogP contribution in [0.1, 0.15) is 11.1 Å². The molecule has 0 unspecified atom stereocenters. The molecule has 0 aliphatic rings. The molecule has 2 N–H and O–H groups in total. The summed E-state index contributed by atoms with van der Waals surface area (Å²) in [6.45, 7) is 4.11. The molecule has 0 aliphatic heterocycles. The Bertz CT molecular complexity index is 762. The molecule has 2 heterocycles. The third kappa shape index (κ3) is 2.63. The van der Waals surface area contributed by atoms with Gasteiger partial charge in [0.2, 0.25) is 5.69 Å². The zero-order valence-electron chi connectivity index (χ0n) is 12.2. The van der Waals surface area contributed by atoms with E-state index in [-0.39, 0.29) is 0 Å². The van der Waals surface area contributed by atoms with Crippen LogP contribution in [-0.4, -0.2) is 4.98 Å². The first kappa shape index (κ1) is 13.3. The van der Waals surface area contributed by atoms with Crippen LogP contribution in [0.3, 0.4) is 0 Å². The fraction of sp³-hybridized carbons (Fsp3) is 0.111. The number of nitrogen functional groups attached to an aromatic ring is 1. The number of rotatable bonds is 2. The van der Waals surface area contributed by atoms with E-state index in [1.54, 1.807) is 0 Å². The molecule has 3 heteroatoms. The fourth-order valence-electron chi connectivity index (χ4n) is 2.43. The molecule has 0 bridgehead atoms. The molecule has 0 aliphatic carbocycles.